The van der Waals surface area contributed by atoms with Gasteiger partial charge in [-0.1, -0.05) is 54.6 Å². The molecule has 0 bridgehead atoms. The second-order valence-electron chi connectivity index (χ2n) is 5.81. The van der Waals surface area contributed by atoms with E-state index in [1.165, 1.54) is 17.7 Å². The Balaban J connectivity index is 1.84. The Kier molecular flexibility index (Phi) is 5.41. The van der Waals surface area contributed by atoms with Gasteiger partial charge in [0, 0.05) is 5.69 Å². The van der Waals surface area contributed by atoms with Gasteiger partial charge in [0.2, 0.25) is 0 Å². The van der Waals surface area contributed by atoms with E-state index >= 15 is 0 Å². The van der Waals surface area contributed by atoms with Crippen LogP contribution >= 0.6 is 12.2 Å². The minimum Gasteiger partial charge on any atom is -0.352 e. The number of nitrogens with one attached hydrogen (secondary N) is 2. The third-order valence-electron chi connectivity index (χ3n) is 4.01. The lowest BCUT2D eigenvalue weighted by molar-refractivity contribution is 0.628. The molecule has 1 unspecified atom stereocenters. The molecule has 2 N–H and O–H groups in total. The van der Waals surface area contributed by atoms with Crippen molar-refractivity contribution in [1.82, 2.24) is 5.32 Å². The first kappa shape index (κ1) is 17.1. The molecule has 25 heavy (non-hydrogen) atoms. The Labute approximate surface area is 152 Å². The minimum atomic E-state index is -0.272. The number of anilines is 1. The standard InChI is InChI=1S/C21H19FN2S/c1-15-7-5-6-10-19(15)20(16-8-3-2-4-9-16)24-21(25)23-18-13-11-17(22)12-14-18/h2-14,20H,1H3,(H2,23,24,25). The summed E-state index contributed by atoms with van der Waals surface area (Å²) in [5.41, 5.74) is 4.22. The summed E-state index contributed by atoms with van der Waals surface area (Å²) in [6.45, 7) is 2.09. The third kappa shape index (κ3) is 4.43. The molecule has 1 atom stereocenters. The molecule has 0 fully saturated rings. The maximum absolute atomic E-state index is 13.0. The van der Waals surface area contributed by atoms with Crippen LogP contribution in [-0.4, -0.2) is 5.11 Å². The van der Waals surface area contributed by atoms with E-state index in [2.05, 4.69) is 41.8 Å². The number of benzene rings is 3. The van der Waals surface area contributed by atoms with Crippen molar-refractivity contribution in [3.8, 4) is 0 Å². The van der Waals surface area contributed by atoms with Crippen LogP contribution in [0.15, 0.2) is 78.9 Å². The van der Waals surface area contributed by atoms with E-state index in [9.17, 15) is 4.39 Å². The highest BCUT2D eigenvalue weighted by Gasteiger charge is 2.16. The van der Waals surface area contributed by atoms with E-state index in [0.29, 0.717) is 5.11 Å². The molecule has 126 valence electrons. The highest BCUT2D eigenvalue weighted by atomic mass is 32.1. The fraction of sp³-hybridized carbons (Fsp3) is 0.0952. The Morgan fingerprint density at radius 2 is 1.52 bits per heavy atom. The van der Waals surface area contributed by atoms with Crippen LogP contribution in [0.2, 0.25) is 0 Å². The molecule has 0 aliphatic carbocycles. The highest BCUT2D eigenvalue weighted by Crippen LogP contribution is 2.25. The first-order valence-corrected chi connectivity index (χ1v) is 8.48. The van der Waals surface area contributed by atoms with Gasteiger partial charge in [-0.25, -0.2) is 4.39 Å². The number of hydrogen-bond donors (Lipinski definition) is 2. The molecule has 3 aromatic carbocycles. The first-order valence-electron chi connectivity index (χ1n) is 8.07. The summed E-state index contributed by atoms with van der Waals surface area (Å²) < 4.78 is 13.0. The number of rotatable bonds is 4. The molecular weight excluding hydrogens is 331 g/mol. The Hall–Kier alpha value is -2.72. The Morgan fingerprint density at radius 3 is 2.20 bits per heavy atom. The van der Waals surface area contributed by atoms with Gasteiger partial charge in [0.15, 0.2) is 5.11 Å². The van der Waals surface area contributed by atoms with Crippen LogP contribution in [0.1, 0.15) is 22.7 Å². The van der Waals surface area contributed by atoms with Crippen LogP contribution in [0.4, 0.5) is 10.1 Å². The summed E-state index contributed by atoms with van der Waals surface area (Å²) in [5, 5.41) is 6.98. The van der Waals surface area contributed by atoms with Gasteiger partial charge in [0.25, 0.3) is 0 Å². The van der Waals surface area contributed by atoms with Gasteiger partial charge in [0.1, 0.15) is 5.82 Å². The predicted molar refractivity (Wildman–Crippen MR) is 105 cm³/mol. The van der Waals surface area contributed by atoms with Crippen molar-refractivity contribution < 1.29 is 4.39 Å². The van der Waals surface area contributed by atoms with Gasteiger partial charge in [0.05, 0.1) is 6.04 Å². The van der Waals surface area contributed by atoms with Crippen molar-refractivity contribution in [3.63, 3.8) is 0 Å². The molecule has 0 saturated carbocycles. The number of aryl methyl sites for hydroxylation is 1. The van der Waals surface area contributed by atoms with Crippen LogP contribution in [0.5, 0.6) is 0 Å². The van der Waals surface area contributed by atoms with Gasteiger partial charge >= 0.3 is 0 Å². The molecule has 0 radical (unpaired) electrons. The normalized spacial score (nSPS) is 11.6. The van der Waals surface area contributed by atoms with Gasteiger partial charge in [-0.05, 0) is 60.1 Å². The van der Waals surface area contributed by atoms with Crippen molar-refractivity contribution in [2.75, 3.05) is 5.32 Å². The molecule has 2 nitrogen and oxygen atoms in total. The van der Waals surface area contributed by atoms with E-state index in [4.69, 9.17) is 12.2 Å². The lowest BCUT2D eigenvalue weighted by atomic mass is 9.95. The molecule has 0 spiro atoms. The van der Waals surface area contributed by atoms with Crippen LogP contribution in [-0.2, 0) is 0 Å². The molecule has 3 rings (SSSR count). The summed E-state index contributed by atoms with van der Waals surface area (Å²) in [6.07, 6.45) is 0. The van der Waals surface area contributed by atoms with E-state index < -0.39 is 0 Å². The monoisotopic (exact) mass is 350 g/mol. The summed E-state index contributed by atoms with van der Waals surface area (Å²) in [4.78, 5) is 0. The number of hydrogen-bond acceptors (Lipinski definition) is 1. The molecule has 0 amide bonds. The van der Waals surface area contributed by atoms with Crippen molar-refractivity contribution in [2.45, 2.75) is 13.0 Å². The maximum Gasteiger partial charge on any atom is 0.171 e. The molecule has 4 heteroatoms. The van der Waals surface area contributed by atoms with Crippen LogP contribution in [0, 0.1) is 12.7 Å². The van der Waals surface area contributed by atoms with Crippen molar-refractivity contribution >= 4 is 23.0 Å². The molecule has 0 aliphatic heterocycles. The lowest BCUT2D eigenvalue weighted by Crippen LogP contribution is -2.33. The zero-order valence-electron chi connectivity index (χ0n) is 13.9. The second-order valence-corrected chi connectivity index (χ2v) is 6.21. The van der Waals surface area contributed by atoms with E-state index in [1.807, 2.05) is 30.3 Å². The van der Waals surface area contributed by atoms with Crippen LogP contribution < -0.4 is 10.6 Å². The van der Waals surface area contributed by atoms with Crippen molar-refractivity contribution in [2.24, 2.45) is 0 Å². The number of thiocarbonyl (C=S) groups is 1. The van der Waals surface area contributed by atoms with Gasteiger partial charge in [-0.2, -0.15) is 0 Å². The van der Waals surface area contributed by atoms with Gasteiger partial charge in [-0.15, -0.1) is 0 Å². The average Bonchev–Trinajstić information content (AvgIpc) is 2.63. The molecule has 0 saturated heterocycles. The summed E-state index contributed by atoms with van der Waals surface area (Å²) in [5.74, 6) is -0.272. The zero-order valence-corrected chi connectivity index (χ0v) is 14.7. The summed E-state index contributed by atoms with van der Waals surface area (Å²) in [7, 11) is 0. The van der Waals surface area contributed by atoms with Crippen LogP contribution in [0.25, 0.3) is 0 Å². The van der Waals surface area contributed by atoms with Gasteiger partial charge < -0.3 is 10.6 Å². The molecule has 3 aromatic rings. The molecular formula is C21H19FN2S. The van der Waals surface area contributed by atoms with E-state index in [-0.39, 0.29) is 11.9 Å². The quantitative estimate of drug-likeness (QED) is 0.632. The SMILES string of the molecule is Cc1ccccc1C(NC(=S)Nc1ccc(F)cc1)c1ccccc1. The second kappa shape index (κ2) is 7.90. The average molecular weight is 350 g/mol. The first-order chi connectivity index (χ1) is 12.1. The Morgan fingerprint density at radius 1 is 0.880 bits per heavy atom. The van der Waals surface area contributed by atoms with Crippen molar-refractivity contribution in [3.05, 3.63) is 101 Å². The van der Waals surface area contributed by atoms with E-state index in [0.717, 1.165) is 16.8 Å². The molecule has 0 aromatic heterocycles. The fourth-order valence-electron chi connectivity index (χ4n) is 2.73. The number of halogens is 1. The summed E-state index contributed by atoms with van der Waals surface area (Å²) >= 11 is 5.47. The van der Waals surface area contributed by atoms with E-state index in [1.54, 1.807) is 12.1 Å². The fourth-order valence-corrected chi connectivity index (χ4v) is 2.96. The maximum atomic E-state index is 13.0. The summed E-state index contributed by atoms with van der Waals surface area (Å²) in [6, 6.07) is 24.5. The smallest absolute Gasteiger partial charge is 0.171 e. The minimum absolute atomic E-state index is 0.0668. The lowest BCUT2D eigenvalue weighted by Gasteiger charge is -2.23. The third-order valence-corrected chi connectivity index (χ3v) is 4.23. The largest absolute Gasteiger partial charge is 0.352 e. The molecule has 0 heterocycles. The molecule has 0 aliphatic rings. The Bertz CT molecular complexity index is 847. The van der Waals surface area contributed by atoms with Gasteiger partial charge in [-0.3, -0.25) is 0 Å². The zero-order chi connectivity index (χ0) is 17.6. The predicted octanol–water partition coefficient (Wildman–Crippen LogP) is 5.21. The van der Waals surface area contributed by atoms with Crippen molar-refractivity contribution in [1.29, 1.82) is 0 Å². The topological polar surface area (TPSA) is 24.1 Å². The van der Waals surface area contributed by atoms with Crippen LogP contribution in [0.3, 0.4) is 0 Å². The highest BCUT2D eigenvalue weighted by molar-refractivity contribution is 7.80.